The minimum absolute atomic E-state index is 0.00415. The molecular weight excluding hydrogens is 400 g/mol. The number of carbonyl (C=O) groups is 4. The summed E-state index contributed by atoms with van der Waals surface area (Å²) in [6.45, 7) is 1.44. The number of esters is 1. The zero-order valence-electron chi connectivity index (χ0n) is 16.5. The van der Waals surface area contributed by atoms with Crippen molar-refractivity contribution in [2.24, 2.45) is 0 Å². The Kier molecular flexibility index (Phi) is 5.36. The van der Waals surface area contributed by atoms with Gasteiger partial charge in [0.15, 0.2) is 6.10 Å². The third-order valence-electron chi connectivity index (χ3n) is 4.79. The molecule has 0 spiro atoms. The fourth-order valence-corrected chi connectivity index (χ4v) is 3.17. The molecule has 0 bridgehead atoms. The van der Waals surface area contributed by atoms with Gasteiger partial charge in [-0.3, -0.25) is 19.3 Å². The second kappa shape index (κ2) is 8.27. The molecule has 1 aliphatic heterocycles. The Bertz CT molecular complexity index is 1150. The van der Waals surface area contributed by atoms with Gasteiger partial charge in [0.25, 0.3) is 17.7 Å². The van der Waals surface area contributed by atoms with Gasteiger partial charge >= 0.3 is 5.97 Å². The maximum Gasteiger partial charge on any atom is 0.338 e. The van der Waals surface area contributed by atoms with E-state index >= 15 is 0 Å². The predicted molar refractivity (Wildman–Crippen MR) is 109 cm³/mol. The van der Waals surface area contributed by atoms with Crippen molar-refractivity contribution in [3.63, 3.8) is 0 Å². The van der Waals surface area contributed by atoms with Crippen LogP contribution < -0.4 is 5.32 Å². The van der Waals surface area contributed by atoms with Crippen molar-refractivity contribution < 1.29 is 28.3 Å². The molecule has 156 valence electrons. The normalized spacial score (nSPS) is 13.6. The largest absolute Gasteiger partial charge is 0.467 e. The van der Waals surface area contributed by atoms with E-state index in [1.54, 1.807) is 36.4 Å². The first-order chi connectivity index (χ1) is 14.9. The van der Waals surface area contributed by atoms with Crippen LogP contribution >= 0.6 is 0 Å². The van der Waals surface area contributed by atoms with Gasteiger partial charge in [0.2, 0.25) is 0 Å². The molecule has 2 heterocycles. The first-order valence-electron chi connectivity index (χ1n) is 9.53. The van der Waals surface area contributed by atoms with Crippen molar-refractivity contribution >= 4 is 29.4 Å². The topological polar surface area (TPSA) is 106 Å². The Labute approximate surface area is 177 Å². The lowest BCUT2D eigenvalue weighted by atomic mass is 10.1. The van der Waals surface area contributed by atoms with Crippen LogP contribution in [0, 0.1) is 0 Å². The van der Waals surface area contributed by atoms with Gasteiger partial charge in [-0.2, -0.15) is 0 Å². The fourth-order valence-electron chi connectivity index (χ4n) is 3.17. The maximum atomic E-state index is 12.7. The van der Waals surface area contributed by atoms with E-state index in [2.05, 4.69) is 5.32 Å². The molecule has 1 N–H and O–H groups in total. The predicted octanol–water partition coefficient (Wildman–Crippen LogP) is 3.26. The second-order valence-corrected chi connectivity index (χ2v) is 6.94. The standard InChI is InChI=1S/C23H18N2O6/c1-14(20(26)24-16-6-3-2-4-7-16)31-23(29)15-9-10-18-19(12-15)22(28)25(21(18)27)13-17-8-5-11-30-17/h2-12,14H,13H2,1H3,(H,24,26). The van der Waals surface area contributed by atoms with E-state index in [1.165, 1.54) is 31.4 Å². The lowest BCUT2D eigenvalue weighted by molar-refractivity contribution is -0.123. The molecule has 1 aromatic heterocycles. The third kappa shape index (κ3) is 4.09. The summed E-state index contributed by atoms with van der Waals surface area (Å²) in [5, 5.41) is 2.65. The van der Waals surface area contributed by atoms with Crippen LogP contribution in [-0.4, -0.2) is 34.7 Å². The molecule has 1 aliphatic rings. The van der Waals surface area contributed by atoms with Crippen LogP contribution in [0.3, 0.4) is 0 Å². The van der Waals surface area contributed by atoms with Gasteiger partial charge < -0.3 is 14.5 Å². The Hall–Kier alpha value is -4.20. The minimum Gasteiger partial charge on any atom is -0.467 e. The van der Waals surface area contributed by atoms with E-state index in [0.29, 0.717) is 11.4 Å². The SMILES string of the molecule is CC(OC(=O)c1ccc2c(c1)C(=O)N(Cc1ccco1)C2=O)C(=O)Nc1ccccc1. The van der Waals surface area contributed by atoms with Crippen LogP contribution in [0.4, 0.5) is 5.69 Å². The Morgan fingerprint density at radius 1 is 1.00 bits per heavy atom. The van der Waals surface area contributed by atoms with Crippen LogP contribution in [0.15, 0.2) is 71.3 Å². The van der Waals surface area contributed by atoms with Crippen LogP contribution in [0.2, 0.25) is 0 Å². The van der Waals surface area contributed by atoms with Crippen molar-refractivity contribution in [3.05, 3.63) is 89.4 Å². The molecule has 2 aromatic carbocycles. The molecule has 1 unspecified atom stereocenters. The van der Waals surface area contributed by atoms with Gasteiger partial charge in [-0.05, 0) is 49.4 Å². The lowest BCUT2D eigenvalue weighted by Crippen LogP contribution is -2.30. The monoisotopic (exact) mass is 418 g/mol. The number of amides is 3. The number of furan rings is 1. The molecule has 3 amide bonds. The first kappa shape index (κ1) is 20.1. The van der Waals surface area contributed by atoms with E-state index in [0.717, 1.165) is 4.90 Å². The molecular formula is C23H18N2O6. The number of nitrogens with one attached hydrogen (secondary N) is 1. The highest BCUT2D eigenvalue weighted by molar-refractivity contribution is 6.21. The van der Waals surface area contributed by atoms with E-state index in [4.69, 9.17) is 9.15 Å². The van der Waals surface area contributed by atoms with Crippen molar-refractivity contribution in [2.75, 3.05) is 5.32 Å². The van der Waals surface area contributed by atoms with Gasteiger partial charge in [0.05, 0.1) is 29.5 Å². The average Bonchev–Trinajstić information content (AvgIpc) is 3.37. The smallest absolute Gasteiger partial charge is 0.338 e. The molecule has 0 fully saturated rings. The number of para-hydroxylation sites is 1. The quantitative estimate of drug-likeness (QED) is 0.487. The number of hydrogen-bond donors (Lipinski definition) is 1. The summed E-state index contributed by atoms with van der Waals surface area (Å²) in [7, 11) is 0. The van der Waals surface area contributed by atoms with Crippen LogP contribution in [0.1, 0.15) is 43.8 Å². The summed E-state index contributed by atoms with van der Waals surface area (Å²) < 4.78 is 10.4. The van der Waals surface area contributed by atoms with E-state index in [-0.39, 0.29) is 23.2 Å². The number of hydrogen-bond acceptors (Lipinski definition) is 6. The summed E-state index contributed by atoms with van der Waals surface area (Å²) in [4.78, 5) is 51.1. The van der Waals surface area contributed by atoms with Crippen LogP contribution in [0.25, 0.3) is 0 Å². The van der Waals surface area contributed by atoms with Gasteiger partial charge in [-0.1, -0.05) is 18.2 Å². The van der Waals surface area contributed by atoms with Gasteiger partial charge in [-0.25, -0.2) is 4.79 Å². The van der Waals surface area contributed by atoms with Crippen molar-refractivity contribution in [1.82, 2.24) is 4.90 Å². The highest BCUT2D eigenvalue weighted by Crippen LogP contribution is 2.26. The van der Waals surface area contributed by atoms with Gasteiger partial charge in [0, 0.05) is 5.69 Å². The lowest BCUT2D eigenvalue weighted by Gasteiger charge is -2.13. The zero-order valence-corrected chi connectivity index (χ0v) is 16.5. The minimum atomic E-state index is -1.06. The van der Waals surface area contributed by atoms with Crippen LogP contribution in [0.5, 0.6) is 0 Å². The van der Waals surface area contributed by atoms with Crippen molar-refractivity contribution in [2.45, 2.75) is 19.6 Å². The van der Waals surface area contributed by atoms with Gasteiger partial charge in [-0.15, -0.1) is 0 Å². The zero-order chi connectivity index (χ0) is 22.0. The number of nitrogens with zero attached hydrogens (tertiary/aromatic N) is 1. The highest BCUT2D eigenvalue weighted by Gasteiger charge is 2.36. The number of imide groups is 1. The average molecular weight is 418 g/mol. The number of rotatable bonds is 6. The van der Waals surface area contributed by atoms with Gasteiger partial charge in [0.1, 0.15) is 5.76 Å². The first-order valence-corrected chi connectivity index (χ1v) is 9.53. The highest BCUT2D eigenvalue weighted by atomic mass is 16.5. The Morgan fingerprint density at radius 2 is 1.74 bits per heavy atom. The molecule has 4 rings (SSSR count). The van der Waals surface area contributed by atoms with Crippen molar-refractivity contribution in [3.8, 4) is 0 Å². The molecule has 0 aliphatic carbocycles. The summed E-state index contributed by atoms with van der Waals surface area (Å²) in [6.07, 6.45) is 0.394. The van der Waals surface area contributed by atoms with E-state index in [9.17, 15) is 19.2 Å². The molecule has 1 atom stereocenters. The number of anilines is 1. The Balaban J connectivity index is 1.45. The third-order valence-corrected chi connectivity index (χ3v) is 4.79. The van der Waals surface area contributed by atoms with Crippen molar-refractivity contribution in [1.29, 1.82) is 0 Å². The molecule has 0 radical (unpaired) electrons. The number of ether oxygens (including phenoxy) is 1. The summed E-state index contributed by atoms with van der Waals surface area (Å²) in [6, 6.07) is 16.2. The second-order valence-electron chi connectivity index (χ2n) is 6.94. The number of benzene rings is 2. The molecule has 31 heavy (non-hydrogen) atoms. The molecule has 8 heteroatoms. The number of fused-ring (bicyclic) bond motifs is 1. The van der Waals surface area contributed by atoms with Crippen LogP contribution in [-0.2, 0) is 16.1 Å². The number of carbonyl (C=O) groups excluding carboxylic acids is 4. The summed E-state index contributed by atoms with van der Waals surface area (Å²) in [5.74, 6) is -1.79. The van der Waals surface area contributed by atoms with E-state index < -0.39 is 29.8 Å². The maximum absolute atomic E-state index is 12.7. The molecule has 8 nitrogen and oxygen atoms in total. The van der Waals surface area contributed by atoms with E-state index in [1.807, 2.05) is 6.07 Å². The molecule has 0 saturated heterocycles. The summed E-state index contributed by atoms with van der Waals surface area (Å²) >= 11 is 0. The fraction of sp³-hybridized carbons (Fsp3) is 0.130. The molecule has 0 saturated carbocycles. The Morgan fingerprint density at radius 3 is 2.45 bits per heavy atom. The summed E-state index contributed by atoms with van der Waals surface area (Å²) in [5.41, 5.74) is 0.947. The molecule has 3 aromatic rings.